The molecule has 62 heavy (non-hydrogen) atoms. The largest absolute Gasteiger partial charge is 0.309 e. The Morgan fingerprint density at radius 1 is 0.210 bits per heavy atom. The summed E-state index contributed by atoms with van der Waals surface area (Å²) in [5, 5.41) is 12.6. The first-order valence-corrected chi connectivity index (χ1v) is 21.4. The Morgan fingerprint density at radius 3 is 1.40 bits per heavy atom. The summed E-state index contributed by atoms with van der Waals surface area (Å²) in [5.74, 6) is 0. The second-order valence-electron chi connectivity index (χ2n) is 16.4. The van der Waals surface area contributed by atoms with E-state index in [2.05, 4.69) is 240 Å². The molecule has 288 valence electrons. The Morgan fingerprint density at radius 2 is 0.694 bits per heavy atom. The Labute approximate surface area is 358 Å². The molecule has 0 atom stereocenters. The van der Waals surface area contributed by atoms with Gasteiger partial charge in [-0.2, -0.15) is 0 Å². The zero-order valence-corrected chi connectivity index (χ0v) is 33.8. The van der Waals surface area contributed by atoms with Crippen molar-refractivity contribution in [2.45, 2.75) is 0 Å². The quantitative estimate of drug-likeness (QED) is 0.154. The van der Waals surface area contributed by atoms with Crippen LogP contribution in [0.25, 0.3) is 121 Å². The molecule has 0 radical (unpaired) electrons. The second-order valence-corrected chi connectivity index (χ2v) is 16.4. The average molecular weight is 787 g/mol. The van der Waals surface area contributed by atoms with Gasteiger partial charge in [0, 0.05) is 32.9 Å². The fraction of sp³-hybridized carbons (Fsp3) is 0. The van der Waals surface area contributed by atoms with Gasteiger partial charge in [0.25, 0.3) is 0 Å². The minimum absolute atomic E-state index is 1.14. The lowest BCUT2D eigenvalue weighted by atomic mass is 9.85. The van der Waals surface area contributed by atoms with Crippen LogP contribution in [-0.4, -0.2) is 9.13 Å². The second kappa shape index (κ2) is 13.7. The molecule has 0 fully saturated rings. The van der Waals surface area contributed by atoms with Crippen molar-refractivity contribution in [2.75, 3.05) is 0 Å². The Balaban J connectivity index is 1.15. The van der Waals surface area contributed by atoms with Crippen LogP contribution in [0.15, 0.2) is 231 Å². The van der Waals surface area contributed by atoms with Gasteiger partial charge in [-0.15, -0.1) is 0 Å². The van der Waals surface area contributed by atoms with Gasteiger partial charge in [-0.1, -0.05) is 170 Å². The van der Waals surface area contributed by atoms with Gasteiger partial charge in [-0.3, -0.25) is 0 Å². The monoisotopic (exact) mass is 786 g/mol. The highest BCUT2D eigenvalue weighted by molar-refractivity contribution is 6.29. The molecule has 0 aliphatic rings. The third-order valence-electron chi connectivity index (χ3n) is 13.1. The van der Waals surface area contributed by atoms with Crippen molar-refractivity contribution in [3.8, 4) is 44.8 Å². The van der Waals surface area contributed by atoms with Gasteiger partial charge < -0.3 is 9.13 Å². The van der Waals surface area contributed by atoms with Crippen LogP contribution in [-0.2, 0) is 0 Å². The molecule has 13 aromatic rings. The molecular weight excluding hydrogens is 749 g/mol. The van der Waals surface area contributed by atoms with E-state index in [0.717, 1.165) is 11.4 Å². The molecule has 0 N–H and O–H groups in total. The van der Waals surface area contributed by atoms with E-state index in [9.17, 15) is 0 Å². The van der Waals surface area contributed by atoms with Crippen LogP contribution in [0, 0.1) is 0 Å². The summed E-state index contributed by atoms with van der Waals surface area (Å²) in [6.45, 7) is 0. The van der Waals surface area contributed by atoms with Crippen molar-refractivity contribution in [3.05, 3.63) is 231 Å². The fourth-order valence-electron chi connectivity index (χ4n) is 10.5. The summed E-state index contributed by atoms with van der Waals surface area (Å²) in [6, 6.07) is 84.8. The molecule has 0 unspecified atom stereocenters. The highest BCUT2D eigenvalue weighted by Gasteiger charge is 2.23. The van der Waals surface area contributed by atoms with Crippen LogP contribution in [0.2, 0.25) is 0 Å². The summed E-state index contributed by atoms with van der Waals surface area (Å²) < 4.78 is 4.90. The molecule has 0 saturated carbocycles. The highest BCUT2D eigenvalue weighted by atomic mass is 15.0. The van der Waals surface area contributed by atoms with Gasteiger partial charge >= 0.3 is 0 Å². The molecule has 0 aliphatic heterocycles. The first-order chi connectivity index (χ1) is 30.8. The number of benzene rings is 11. The Bertz CT molecular complexity index is 3890. The topological polar surface area (TPSA) is 9.86 Å². The molecule has 2 heterocycles. The smallest absolute Gasteiger partial charge is 0.0549 e. The number of rotatable bonds is 5. The molecule has 2 nitrogen and oxygen atoms in total. The fourth-order valence-corrected chi connectivity index (χ4v) is 10.5. The maximum Gasteiger partial charge on any atom is 0.0549 e. The van der Waals surface area contributed by atoms with Crippen molar-refractivity contribution in [1.29, 1.82) is 0 Å². The van der Waals surface area contributed by atoms with E-state index < -0.39 is 0 Å². The summed E-state index contributed by atoms with van der Waals surface area (Å²) >= 11 is 0. The van der Waals surface area contributed by atoms with Crippen LogP contribution < -0.4 is 0 Å². The van der Waals surface area contributed by atoms with Crippen LogP contribution in [0.5, 0.6) is 0 Å². The maximum atomic E-state index is 2.46. The van der Waals surface area contributed by atoms with Crippen LogP contribution >= 0.6 is 0 Å². The Hall–Kier alpha value is -8.20. The summed E-state index contributed by atoms with van der Waals surface area (Å²) in [7, 11) is 0. The average Bonchev–Trinajstić information content (AvgIpc) is 3.85. The molecule has 11 aromatic carbocycles. The minimum atomic E-state index is 1.14. The van der Waals surface area contributed by atoms with E-state index in [4.69, 9.17) is 0 Å². The van der Waals surface area contributed by atoms with Gasteiger partial charge in [-0.25, -0.2) is 0 Å². The SMILES string of the molecule is c1ccc(-c2cc(-c3ccccc3-c3cccc4c3c3cc5c(cc3n4-c3ccccc3)c3ccccc3n5-c3ccccc3)cc3c4ccccc4c4ccccc4c23)cc1. The first kappa shape index (κ1) is 34.6. The number of aromatic nitrogens is 2. The zero-order chi connectivity index (χ0) is 40.7. The standard InChI is InChI=1S/C60H38N2/c1-4-19-39(20-5-1)51-35-40(36-53-47-29-13-12-27-45(47)46-28-14-15-31-49(46)59(51)53)43-25-10-11-26-44(43)50-32-18-34-56-60(50)54-38-57-52(37-58(54)62(56)42-23-8-3-9-24-42)48-30-16-17-33-55(48)61(57)41-21-6-2-7-22-41/h1-38H. The van der Waals surface area contributed by atoms with E-state index in [1.54, 1.807) is 0 Å². The lowest BCUT2D eigenvalue weighted by Crippen LogP contribution is -1.94. The number of hydrogen-bond acceptors (Lipinski definition) is 0. The molecule has 2 aromatic heterocycles. The van der Waals surface area contributed by atoms with Crippen molar-refractivity contribution in [1.82, 2.24) is 9.13 Å². The van der Waals surface area contributed by atoms with Gasteiger partial charge in [0.2, 0.25) is 0 Å². The zero-order valence-electron chi connectivity index (χ0n) is 33.8. The minimum Gasteiger partial charge on any atom is -0.309 e. The third kappa shape index (κ3) is 5.11. The Kier molecular flexibility index (Phi) is 7.64. The molecule has 0 spiro atoms. The van der Waals surface area contributed by atoms with Gasteiger partial charge in [0.1, 0.15) is 0 Å². The van der Waals surface area contributed by atoms with Gasteiger partial charge in [-0.05, 0) is 126 Å². The molecule has 2 heteroatoms. The van der Waals surface area contributed by atoms with Crippen LogP contribution in [0.4, 0.5) is 0 Å². The van der Waals surface area contributed by atoms with E-state index in [-0.39, 0.29) is 0 Å². The highest BCUT2D eigenvalue weighted by Crippen LogP contribution is 2.47. The van der Waals surface area contributed by atoms with Crippen molar-refractivity contribution >= 4 is 75.9 Å². The molecule has 0 amide bonds. The lowest BCUT2D eigenvalue weighted by molar-refractivity contribution is 1.17. The van der Waals surface area contributed by atoms with E-state index in [1.165, 1.54) is 109 Å². The number of hydrogen-bond donors (Lipinski definition) is 0. The van der Waals surface area contributed by atoms with Crippen molar-refractivity contribution in [3.63, 3.8) is 0 Å². The predicted octanol–water partition coefficient (Wildman–Crippen LogP) is 16.3. The van der Waals surface area contributed by atoms with E-state index in [0.29, 0.717) is 0 Å². The van der Waals surface area contributed by atoms with E-state index >= 15 is 0 Å². The lowest BCUT2D eigenvalue weighted by Gasteiger charge is -2.18. The van der Waals surface area contributed by atoms with Crippen LogP contribution in [0.1, 0.15) is 0 Å². The molecule has 0 bridgehead atoms. The summed E-state index contributed by atoms with van der Waals surface area (Å²) in [4.78, 5) is 0. The number of fused-ring (bicyclic) bond motifs is 12. The summed E-state index contributed by atoms with van der Waals surface area (Å²) in [5.41, 5.74) is 14.3. The normalized spacial score (nSPS) is 11.9. The van der Waals surface area contributed by atoms with Crippen LogP contribution in [0.3, 0.4) is 0 Å². The van der Waals surface area contributed by atoms with Crippen molar-refractivity contribution in [2.24, 2.45) is 0 Å². The molecule has 0 aliphatic carbocycles. The molecule has 0 saturated heterocycles. The number of para-hydroxylation sites is 3. The van der Waals surface area contributed by atoms with Gasteiger partial charge in [0.15, 0.2) is 0 Å². The summed E-state index contributed by atoms with van der Waals surface area (Å²) in [6.07, 6.45) is 0. The van der Waals surface area contributed by atoms with E-state index in [1.807, 2.05) is 0 Å². The predicted molar refractivity (Wildman–Crippen MR) is 264 cm³/mol. The molecule has 13 rings (SSSR count). The maximum absolute atomic E-state index is 2.46. The third-order valence-corrected chi connectivity index (χ3v) is 13.1. The van der Waals surface area contributed by atoms with Gasteiger partial charge in [0.05, 0.1) is 22.1 Å². The number of nitrogens with zero attached hydrogens (tertiary/aromatic N) is 2. The first-order valence-electron chi connectivity index (χ1n) is 21.4. The molecular formula is C60H38N2. The van der Waals surface area contributed by atoms with Crippen molar-refractivity contribution < 1.29 is 0 Å².